The molecule has 0 aromatic carbocycles. The molecule has 0 saturated heterocycles. The second-order valence-corrected chi connectivity index (χ2v) is 8.24. The van der Waals surface area contributed by atoms with Crippen molar-refractivity contribution < 1.29 is 0 Å². The molecule has 0 amide bonds. The maximum Gasteiger partial charge on any atom is 0.0155 e. The summed E-state index contributed by atoms with van der Waals surface area (Å²) in [6, 6.07) is 0. The van der Waals surface area contributed by atoms with Crippen molar-refractivity contribution in [2.45, 2.75) is 84.8 Å². The third-order valence-corrected chi connectivity index (χ3v) is 4.34. The van der Waals surface area contributed by atoms with Crippen molar-refractivity contribution in [1.82, 2.24) is 9.80 Å². The van der Waals surface area contributed by atoms with Gasteiger partial charge in [-0.05, 0) is 88.9 Å². The fourth-order valence-corrected chi connectivity index (χ4v) is 2.16. The van der Waals surface area contributed by atoms with Gasteiger partial charge in [-0.15, -0.1) is 0 Å². The van der Waals surface area contributed by atoms with E-state index in [0.717, 1.165) is 0 Å². The summed E-state index contributed by atoms with van der Waals surface area (Å²) in [5.74, 6) is 0. The van der Waals surface area contributed by atoms with E-state index >= 15 is 0 Å². The van der Waals surface area contributed by atoms with Crippen molar-refractivity contribution in [3.8, 4) is 0 Å². The Morgan fingerprint density at radius 2 is 1.17 bits per heavy atom. The van der Waals surface area contributed by atoms with Crippen LogP contribution in [0.1, 0.15) is 68.2 Å². The lowest BCUT2D eigenvalue weighted by Gasteiger charge is -2.45. The molecule has 0 aromatic rings. The van der Waals surface area contributed by atoms with E-state index < -0.39 is 0 Å². The normalized spacial score (nSPS) is 14.7. The average molecular weight is 256 g/mol. The van der Waals surface area contributed by atoms with E-state index in [4.69, 9.17) is 0 Å². The van der Waals surface area contributed by atoms with Crippen LogP contribution in [-0.2, 0) is 0 Å². The summed E-state index contributed by atoms with van der Waals surface area (Å²) in [5.41, 5.74) is 0.774. The standard InChI is InChI=1S/C16H36N2/c1-14(2,3)17(9)13-11-12-16(7,8)18(10)15(4,5)6/h11-13H2,1-10H3. The largest absolute Gasteiger partial charge is 0.302 e. The highest BCUT2D eigenvalue weighted by atomic mass is 15.2. The predicted octanol–water partition coefficient (Wildman–Crippen LogP) is 4.01. The summed E-state index contributed by atoms with van der Waals surface area (Å²) >= 11 is 0. The fourth-order valence-electron chi connectivity index (χ4n) is 2.16. The molecule has 0 aliphatic heterocycles. The van der Waals surface area contributed by atoms with Gasteiger partial charge in [0.05, 0.1) is 0 Å². The van der Waals surface area contributed by atoms with Crippen LogP contribution in [0.4, 0.5) is 0 Å². The topological polar surface area (TPSA) is 6.48 Å². The molecule has 0 atom stereocenters. The first-order valence-corrected chi connectivity index (χ1v) is 7.24. The van der Waals surface area contributed by atoms with Crippen molar-refractivity contribution >= 4 is 0 Å². The summed E-state index contributed by atoms with van der Waals surface area (Å²) in [7, 11) is 4.47. The van der Waals surface area contributed by atoms with Gasteiger partial charge in [-0.25, -0.2) is 0 Å². The molecule has 0 heterocycles. The molecule has 0 spiro atoms. The molecule has 0 aliphatic carbocycles. The van der Waals surface area contributed by atoms with E-state index in [2.05, 4.69) is 79.3 Å². The molecule has 18 heavy (non-hydrogen) atoms. The van der Waals surface area contributed by atoms with Crippen molar-refractivity contribution in [2.24, 2.45) is 0 Å². The van der Waals surface area contributed by atoms with Gasteiger partial charge in [0.2, 0.25) is 0 Å². The van der Waals surface area contributed by atoms with Gasteiger partial charge in [-0.2, -0.15) is 0 Å². The molecule has 0 saturated carbocycles. The minimum atomic E-state index is 0.236. The number of nitrogens with zero attached hydrogens (tertiary/aromatic N) is 2. The maximum atomic E-state index is 2.50. The summed E-state index contributed by atoms with van der Waals surface area (Å²) in [5, 5.41) is 0. The van der Waals surface area contributed by atoms with Crippen molar-refractivity contribution in [2.75, 3.05) is 20.6 Å². The molecule has 0 unspecified atom stereocenters. The fraction of sp³-hybridized carbons (Fsp3) is 1.00. The van der Waals surface area contributed by atoms with Crippen LogP contribution in [0.5, 0.6) is 0 Å². The minimum absolute atomic E-state index is 0.236. The van der Waals surface area contributed by atoms with Gasteiger partial charge in [-0.3, -0.25) is 4.90 Å². The Kier molecular flexibility index (Phi) is 5.89. The molecule has 2 nitrogen and oxygen atoms in total. The van der Waals surface area contributed by atoms with Gasteiger partial charge in [0.25, 0.3) is 0 Å². The quantitative estimate of drug-likeness (QED) is 0.733. The van der Waals surface area contributed by atoms with Crippen LogP contribution < -0.4 is 0 Å². The van der Waals surface area contributed by atoms with Gasteiger partial charge in [-0.1, -0.05) is 0 Å². The molecule has 0 N–H and O–H groups in total. The van der Waals surface area contributed by atoms with Crippen molar-refractivity contribution in [1.29, 1.82) is 0 Å². The maximum absolute atomic E-state index is 2.50. The first-order valence-electron chi connectivity index (χ1n) is 7.24. The van der Waals surface area contributed by atoms with E-state index in [1.807, 2.05) is 0 Å². The zero-order valence-corrected chi connectivity index (χ0v) is 14.5. The Bertz CT molecular complexity index is 243. The smallest absolute Gasteiger partial charge is 0.0155 e. The van der Waals surface area contributed by atoms with Gasteiger partial charge < -0.3 is 4.90 Å². The molecular weight excluding hydrogens is 220 g/mol. The zero-order valence-electron chi connectivity index (χ0n) is 14.5. The molecular formula is C16H36N2. The number of hydrogen-bond acceptors (Lipinski definition) is 2. The third kappa shape index (κ3) is 5.71. The SMILES string of the molecule is CN(CCCC(C)(C)N(C)C(C)(C)C)C(C)(C)C. The highest BCUT2D eigenvalue weighted by Crippen LogP contribution is 2.27. The highest BCUT2D eigenvalue weighted by Gasteiger charge is 2.31. The highest BCUT2D eigenvalue weighted by molar-refractivity contribution is 4.87. The van der Waals surface area contributed by atoms with E-state index in [1.54, 1.807) is 0 Å². The lowest BCUT2D eigenvalue weighted by atomic mass is 9.91. The first kappa shape index (κ1) is 17.9. The lowest BCUT2D eigenvalue weighted by Crippen LogP contribution is -2.51. The minimum Gasteiger partial charge on any atom is -0.302 e. The molecule has 0 bridgehead atoms. The van der Waals surface area contributed by atoms with Gasteiger partial charge in [0.15, 0.2) is 0 Å². The molecule has 0 aliphatic rings. The van der Waals surface area contributed by atoms with Crippen LogP contribution in [0.15, 0.2) is 0 Å². The Hall–Kier alpha value is -0.0800. The van der Waals surface area contributed by atoms with Crippen LogP contribution in [0.3, 0.4) is 0 Å². The summed E-state index contributed by atoms with van der Waals surface area (Å²) in [6.07, 6.45) is 2.49. The Labute approximate surface area is 116 Å². The third-order valence-electron chi connectivity index (χ3n) is 4.34. The first-order chi connectivity index (χ1) is 7.78. The summed E-state index contributed by atoms with van der Waals surface area (Å²) in [6.45, 7) is 19.6. The molecule has 0 fully saturated rings. The Morgan fingerprint density at radius 3 is 1.50 bits per heavy atom. The van der Waals surface area contributed by atoms with Crippen molar-refractivity contribution in [3.63, 3.8) is 0 Å². The number of rotatable bonds is 5. The second kappa shape index (κ2) is 5.92. The molecule has 110 valence electrons. The van der Waals surface area contributed by atoms with Crippen molar-refractivity contribution in [3.05, 3.63) is 0 Å². The van der Waals surface area contributed by atoms with Gasteiger partial charge >= 0.3 is 0 Å². The molecule has 2 heteroatoms. The van der Waals surface area contributed by atoms with Crippen LogP contribution in [0.2, 0.25) is 0 Å². The predicted molar refractivity (Wildman–Crippen MR) is 83.2 cm³/mol. The Morgan fingerprint density at radius 1 is 0.722 bits per heavy atom. The van der Waals surface area contributed by atoms with E-state index in [9.17, 15) is 0 Å². The summed E-state index contributed by atoms with van der Waals surface area (Å²) < 4.78 is 0. The Balaban J connectivity index is 4.29. The van der Waals surface area contributed by atoms with Crippen LogP contribution in [0.25, 0.3) is 0 Å². The lowest BCUT2D eigenvalue weighted by molar-refractivity contribution is 0.0451. The van der Waals surface area contributed by atoms with Crippen LogP contribution >= 0.6 is 0 Å². The average Bonchev–Trinajstić information content (AvgIpc) is 2.13. The van der Waals surface area contributed by atoms with Crippen LogP contribution in [0, 0.1) is 0 Å². The number of hydrogen-bond donors (Lipinski definition) is 0. The summed E-state index contributed by atoms with van der Waals surface area (Å²) in [4.78, 5) is 4.94. The van der Waals surface area contributed by atoms with Gasteiger partial charge in [0, 0.05) is 16.6 Å². The van der Waals surface area contributed by atoms with Crippen LogP contribution in [-0.4, -0.2) is 47.1 Å². The van der Waals surface area contributed by atoms with E-state index in [1.165, 1.54) is 19.4 Å². The zero-order chi connectivity index (χ0) is 14.8. The molecule has 0 rings (SSSR count). The molecule has 0 aromatic heterocycles. The van der Waals surface area contributed by atoms with Gasteiger partial charge in [0.1, 0.15) is 0 Å². The molecule has 0 radical (unpaired) electrons. The van der Waals surface area contributed by atoms with E-state index in [0.29, 0.717) is 0 Å². The van der Waals surface area contributed by atoms with E-state index in [-0.39, 0.29) is 16.6 Å². The monoisotopic (exact) mass is 256 g/mol. The second-order valence-electron chi connectivity index (χ2n) is 8.24.